The quantitative estimate of drug-likeness (QED) is 0.789. The van der Waals surface area contributed by atoms with Crippen molar-refractivity contribution in [1.82, 2.24) is 4.90 Å². The van der Waals surface area contributed by atoms with Crippen molar-refractivity contribution >= 4 is 0 Å². The number of hydrogen-bond acceptors (Lipinski definition) is 3. The van der Waals surface area contributed by atoms with E-state index in [9.17, 15) is 0 Å². The number of nitrogens with two attached hydrogens (primary N) is 1. The number of nitrogens with zero attached hydrogens (tertiary/aromatic N) is 1. The third-order valence-electron chi connectivity index (χ3n) is 4.97. The van der Waals surface area contributed by atoms with Crippen molar-refractivity contribution in [2.24, 2.45) is 17.6 Å². The first-order valence-electron chi connectivity index (χ1n) is 7.81. The van der Waals surface area contributed by atoms with E-state index < -0.39 is 0 Å². The van der Waals surface area contributed by atoms with Gasteiger partial charge in [-0.2, -0.15) is 0 Å². The molecule has 0 amide bonds. The second kappa shape index (κ2) is 6.88. The van der Waals surface area contributed by atoms with Crippen LogP contribution in [0, 0.1) is 11.8 Å². The lowest BCUT2D eigenvalue weighted by Crippen LogP contribution is -2.44. The molecule has 0 aromatic rings. The number of aliphatic hydroxyl groups excluding tert-OH is 1. The molecule has 1 heterocycles. The molecular weight excluding hydrogens is 224 g/mol. The summed E-state index contributed by atoms with van der Waals surface area (Å²) in [5.41, 5.74) is 6.30. The highest BCUT2D eigenvalue weighted by Crippen LogP contribution is 2.31. The highest BCUT2D eigenvalue weighted by Gasteiger charge is 2.31. The Hall–Kier alpha value is -0.120. The fraction of sp³-hybridized carbons (Fsp3) is 1.00. The molecule has 4 atom stereocenters. The summed E-state index contributed by atoms with van der Waals surface area (Å²) >= 11 is 0. The van der Waals surface area contributed by atoms with E-state index in [1.165, 1.54) is 45.2 Å². The maximum absolute atomic E-state index is 8.97. The van der Waals surface area contributed by atoms with Crippen LogP contribution in [0.4, 0.5) is 0 Å². The zero-order chi connectivity index (χ0) is 13.0. The molecule has 1 saturated heterocycles. The van der Waals surface area contributed by atoms with Gasteiger partial charge < -0.3 is 15.7 Å². The van der Waals surface area contributed by atoms with Gasteiger partial charge in [0.25, 0.3) is 0 Å². The van der Waals surface area contributed by atoms with E-state index in [0.29, 0.717) is 24.6 Å². The summed E-state index contributed by atoms with van der Waals surface area (Å²) in [5.74, 6) is 1.55. The van der Waals surface area contributed by atoms with Crippen LogP contribution in [0.25, 0.3) is 0 Å². The van der Waals surface area contributed by atoms with Crippen LogP contribution in [0.2, 0.25) is 0 Å². The molecule has 0 radical (unpaired) electrons. The van der Waals surface area contributed by atoms with Gasteiger partial charge in [-0.25, -0.2) is 0 Å². The highest BCUT2D eigenvalue weighted by molar-refractivity contribution is 4.87. The fourth-order valence-electron chi connectivity index (χ4n) is 3.82. The van der Waals surface area contributed by atoms with Gasteiger partial charge in [0, 0.05) is 25.2 Å². The molecule has 1 aliphatic carbocycles. The SMILES string of the molecule is CC1CCC(N)C(CN2CCCC2CCCO)C1. The van der Waals surface area contributed by atoms with Crippen LogP contribution in [-0.2, 0) is 0 Å². The van der Waals surface area contributed by atoms with Crippen LogP contribution in [0.15, 0.2) is 0 Å². The summed E-state index contributed by atoms with van der Waals surface area (Å²) in [6.45, 7) is 5.14. The molecule has 3 N–H and O–H groups in total. The molecule has 0 aromatic heterocycles. The Kier molecular flexibility index (Phi) is 5.46. The van der Waals surface area contributed by atoms with Crippen molar-refractivity contribution in [2.45, 2.75) is 64.0 Å². The van der Waals surface area contributed by atoms with E-state index in [0.717, 1.165) is 18.8 Å². The Balaban J connectivity index is 1.83. The van der Waals surface area contributed by atoms with Crippen molar-refractivity contribution < 1.29 is 5.11 Å². The molecule has 3 heteroatoms. The van der Waals surface area contributed by atoms with E-state index >= 15 is 0 Å². The molecule has 0 bridgehead atoms. The lowest BCUT2D eigenvalue weighted by Gasteiger charge is -2.37. The van der Waals surface area contributed by atoms with Gasteiger partial charge in [-0.3, -0.25) is 0 Å². The Morgan fingerprint density at radius 3 is 2.89 bits per heavy atom. The van der Waals surface area contributed by atoms with Gasteiger partial charge in [-0.1, -0.05) is 6.92 Å². The summed E-state index contributed by atoms with van der Waals surface area (Å²) in [5, 5.41) is 8.97. The smallest absolute Gasteiger partial charge is 0.0431 e. The predicted octanol–water partition coefficient (Wildman–Crippen LogP) is 1.99. The molecule has 1 aliphatic heterocycles. The van der Waals surface area contributed by atoms with Gasteiger partial charge in [0.2, 0.25) is 0 Å². The largest absolute Gasteiger partial charge is 0.396 e. The molecule has 2 rings (SSSR count). The molecule has 0 spiro atoms. The first-order chi connectivity index (χ1) is 8.70. The van der Waals surface area contributed by atoms with E-state index in [1.54, 1.807) is 0 Å². The van der Waals surface area contributed by atoms with Gasteiger partial charge in [-0.15, -0.1) is 0 Å². The third-order valence-corrected chi connectivity index (χ3v) is 4.97. The minimum Gasteiger partial charge on any atom is -0.396 e. The predicted molar refractivity (Wildman–Crippen MR) is 75.4 cm³/mol. The molecule has 1 saturated carbocycles. The second-order valence-corrected chi connectivity index (χ2v) is 6.50. The Morgan fingerprint density at radius 2 is 2.11 bits per heavy atom. The zero-order valence-electron chi connectivity index (χ0n) is 11.9. The summed E-state index contributed by atoms with van der Waals surface area (Å²) in [7, 11) is 0. The van der Waals surface area contributed by atoms with Gasteiger partial charge in [0.05, 0.1) is 0 Å². The second-order valence-electron chi connectivity index (χ2n) is 6.50. The van der Waals surface area contributed by atoms with Gasteiger partial charge in [0.15, 0.2) is 0 Å². The monoisotopic (exact) mass is 254 g/mol. The highest BCUT2D eigenvalue weighted by atomic mass is 16.2. The van der Waals surface area contributed by atoms with E-state index in [2.05, 4.69) is 11.8 Å². The summed E-state index contributed by atoms with van der Waals surface area (Å²) in [6, 6.07) is 1.13. The molecule has 2 aliphatic rings. The number of likely N-dealkylation sites (tertiary alicyclic amines) is 1. The summed E-state index contributed by atoms with van der Waals surface area (Å²) in [6.07, 6.45) is 8.59. The molecular formula is C15H30N2O. The van der Waals surface area contributed by atoms with Crippen molar-refractivity contribution in [3.05, 3.63) is 0 Å². The van der Waals surface area contributed by atoms with Crippen LogP contribution >= 0.6 is 0 Å². The average Bonchev–Trinajstić information content (AvgIpc) is 2.79. The maximum Gasteiger partial charge on any atom is 0.0431 e. The Labute approximate surface area is 112 Å². The van der Waals surface area contributed by atoms with Gasteiger partial charge >= 0.3 is 0 Å². The van der Waals surface area contributed by atoms with Crippen molar-refractivity contribution in [3.8, 4) is 0 Å². The minimum absolute atomic E-state index is 0.338. The van der Waals surface area contributed by atoms with E-state index in [1.807, 2.05) is 0 Å². The number of aliphatic hydroxyl groups is 1. The van der Waals surface area contributed by atoms with Gasteiger partial charge in [0.1, 0.15) is 0 Å². The normalized spacial score (nSPS) is 38.2. The Bertz CT molecular complexity index is 247. The molecule has 0 aromatic carbocycles. The average molecular weight is 254 g/mol. The zero-order valence-corrected chi connectivity index (χ0v) is 11.9. The summed E-state index contributed by atoms with van der Waals surface area (Å²) < 4.78 is 0. The van der Waals surface area contributed by atoms with Crippen LogP contribution < -0.4 is 5.73 Å². The lowest BCUT2D eigenvalue weighted by atomic mass is 9.79. The first kappa shape index (κ1) is 14.3. The number of hydrogen-bond donors (Lipinski definition) is 2. The van der Waals surface area contributed by atoms with Crippen LogP contribution in [0.5, 0.6) is 0 Å². The molecule has 106 valence electrons. The van der Waals surface area contributed by atoms with Crippen LogP contribution in [0.3, 0.4) is 0 Å². The maximum atomic E-state index is 8.97. The first-order valence-corrected chi connectivity index (χ1v) is 7.81. The molecule has 2 fully saturated rings. The topological polar surface area (TPSA) is 49.5 Å². The Morgan fingerprint density at radius 1 is 1.28 bits per heavy atom. The van der Waals surface area contributed by atoms with Crippen LogP contribution in [-0.4, -0.2) is 41.8 Å². The molecule has 3 nitrogen and oxygen atoms in total. The van der Waals surface area contributed by atoms with Crippen molar-refractivity contribution in [1.29, 1.82) is 0 Å². The van der Waals surface area contributed by atoms with Crippen molar-refractivity contribution in [2.75, 3.05) is 19.7 Å². The lowest BCUT2D eigenvalue weighted by molar-refractivity contribution is 0.143. The third kappa shape index (κ3) is 3.69. The van der Waals surface area contributed by atoms with E-state index in [4.69, 9.17) is 10.8 Å². The number of rotatable bonds is 5. The molecule has 4 unspecified atom stereocenters. The van der Waals surface area contributed by atoms with Crippen LogP contribution in [0.1, 0.15) is 51.9 Å². The van der Waals surface area contributed by atoms with E-state index in [-0.39, 0.29) is 0 Å². The van der Waals surface area contributed by atoms with Crippen molar-refractivity contribution in [3.63, 3.8) is 0 Å². The van der Waals surface area contributed by atoms with Gasteiger partial charge in [-0.05, 0) is 63.3 Å². The minimum atomic E-state index is 0.338. The molecule has 18 heavy (non-hydrogen) atoms. The standard InChI is InChI=1S/C15H30N2O/c1-12-6-7-15(16)13(10-12)11-17-8-2-4-14(17)5-3-9-18/h12-15,18H,2-11,16H2,1H3. The fourth-order valence-corrected chi connectivity index (χ4v) is 3.82. The summed E-state index contributed by atoms with van der Waals surface area (Å²) in [4.78, 5) is 2.65.